The molecule has 2 nitrogen and oxygen atoms in total. The molecule has 1 aromatic rings. The van der Waals surface area contributed by atoms with Crippen LogP contribution in [-0.4, -0.2) is 24.9 Å². The van der Waals surface area contributed by atoms with Crippen LogP contribution in [-0.2, 0) is 11.2 Å². The highest BCUT2D eigenvalue weighted by molar-refractivity contribution is 5.80. The van der Waals surface area contributed by atoms with E-state index >= 15 is 0 Å². The Kier molecular flexibility index (Phi) is 2.51. The van der Waals surface area contributed by atoms with E-state index in [1.54, 1.807) is 4.90 Å². The van der Waals surface area contributed by atoms with Crippen molar-refractivity contribution in [3.8, 4) is 0 Å². The molecule has 0 N–H and O–H groups in total. The average molecular weight is 203 g/mol. The van der Waals surface area contributed by atoms with E-state index in [9.17, 15) is 4.79 Å². The van der Waals surface area contributed by atoms with Crippen molar-refractivity contribution < 1.29 is 4.79 Å². The van der Waals surface area contributed by atoms with Gasteiger partial charge in [0.05, 0.1) is 0 Å². The second-order valence-corrected chi connectivity index (χ2v) is 4.53. The standard InChI is InChI=1S/C13H17NO/c1-9-11-7-5-4-6-10(11)8-12(9)13(15)14(2)3/h4-7,9,12H,8H2,1-3H3/t9-,12+/m1/s1. The molecule has 15 heavy (non-hydrogen) atoms. The molecule has 0 saturated carbocycles. The zero-order valence-electron chi connectivity index (χ0n) is 9.53. The third-order valence-electron chi connectivity index (χ3n) is 3.35. The van der Waals surface area contributed by atoms with Gasteiger partial charge in [-0.3, -0.25) is 4.79 Å². The SMILES string of the molecule is C[C@@H]1c2ccccc2C[C@@H]1C(=O)N(C)C. The van der Waals surface area contributed by atoms with Crippen LogP contribution in [0.4, 0.5) is 0 Å². The topological polar surface area (TPSA) is 20.3 Å². The second-order valence-electron chi connectivity index (χ2n) is 4.53. The molecule has 0 saturated heterocycles. The summed E-state index contributed by atoms with van der Waals surface area (Å²) in [7, 11) is 3.66. The lowest BCUT2D eigenvalue weighted by Crippen LogP contribution is -2.31. The Bertz CT molecular complexity index is 384. The number of carbonyl (C=O) groups is 1. The summed E-state index contributed by atoms with van der Waals surface area (Å²) in [5, 5.41) is 0. The van der Waals surface area contributed by atoms with Crippen LogP contribution in [0.15, 0.2) is 24.3 Å². The number of hydrogen-bond donors (Lipinski definition) is 0. The first kappa shape index (κ1) is 10.2. The van der Waals surface area contributed by atoms with Crippen molar-refractivity contribution in [2.75, 3.05) is 14.1 Å². The van der Waals surface area contributed by atoms with Gasteiger partial charge in [0.25, 0.3) is 0 Å². The molecular weight excluding hydrogens is 186 g/mol. The van der Waals surface area contributed by atoms with E-state index in [4.69, 9.17) is 0 Å². The maximum Gasteiger partial charge on any atom is 0.226 e. The third kappa shape index (κ3) is 1.65. The van der Waals surface area contributed by atoms with E-state index in [0.717, 1.165) is 6.42 Å². The summed E-state index contributed by atoms with van der Waals surface area (Å²) in [5.74, 6) is 0.743. The van der Waals surface area contributed by atoms with Gasteiger partial charge >= 0.3 is 0 Å². The molecule has 1 aliphatic carbocycles. The Morgan fingerprint density at radius 1 is 1.33 bits per heavy atom. The minimum Gasteiger partial charge on any atom is -0.349 e. The van der Waals surface area contributed by atoms with Gasteiger partial charge in [-0.15, -0.1) is 0 Å². The Balaban J connectivity index is 2.27. The first-order valence-corrected chi connectivity index (χ1v) is 5.40. The molecule has 2 rings (SSSR count). The van der Waals surface area contributed by atoms with Gasteiger partial charge in [-0.2, -0.15) is 0 Å². The van der Waals surface area contributed by atoms with Crippen molar-refractivity contribution in [2.24, 2.45) is 5.92 Å². The second kappa shape index (κ2) is 3.69. The monoisotopic (exact) mass is 203 g/mol. The summed E-state index contributed by atoms with van der Waals surface area (Å²) in [4.78, 5) is 13.7. The molecule has 1 amide bonds. The first-order valence-electron chi connectivity index (χ1n) is 5.40. The number of rotatable bonds is 1. The van der Waals surface area contributed by atoms with Gasteiger partial charge in [-0.1, -0.05) is 31.2 Å². The molecule has 0 radical (unpaired) electrons. The highest BCUT2D eigenvalue weighted by Crippen LogP contribution is 2.37. The normalized spacial score (nSPS) is 23.7. The van der Waals surface area contributed by atoms with Gasteiger partial charge in [-0.25, -0.2) is 0 Å². The highest BCUT2D eigenvalue weighted by atomic mass is 16.2. The van der Waals surface area contributed by atoms with Crippen molar-refractivity contribution in [2.45, 2.75) is 19.3 Å². The fraction of sp³-hybridized carbons (Fsp3) is 0.462. The van der Waals surface area contributed by atoms with Crippen LogP contribution >= 0.6 is 0 Å². The number of hydrogen-bond acceptors (Lipinski definition) is 1. The number of fused-ring (bicyclic) bond motifs is 1. The van der Waals surface area contributed by atoms with Crippen molar-refractivity contribution in [1.82, 2.24) is 4.90 Å². The molecule has 2 atom stereocenters. The summed E-state index contributed by atoms with van der Waals surface area (Å²) in [6, 6.07) is 8.38. The molecule has 0 fully saturated rings. The van der Waals surface area contributed by atoms with Crippen molar-refractivity contribution in [3.63, 3.8) is 0 Å². The van der Waals surface area contributed by atoms with E-state index in [1.807, 2.05) is 20.2 Å². The number of amides is 1. The van der Waals surface area contributed by atoms with Gasteiger partial charge in [0.15, 0.2) is 0 Å². The van der Waals surface area contributed by atoms with Gasteiger partial charge in [0.2, 0.25) is 5.91 Å². The third-order valence-corrected chi connectivity index (χ3v) is 3.35. The van der Waals surface area contributed by atoms with Gasteiger partial charge in [0.1, 0.15) is 0 Å². The molecule has 0 aliphatic heterocycles. The number of carbonyl (C=O) groups excluding carboxylic acids is 1. The van der Waals surface area contributed by atoms with Crippen LogP contribution in [0, 0.1) is 5.92 Å². The Morgan fingerprint density at radius 2 is 2.00 bits per heavy atom. The molecule has 0 spiro atoms. The lowest BCUT2D eigenvalue weighted by atomic mass is 9.93. The van der Waals surface area contributed by atoms with E-state index in [0.29, 0.717) is 5.92 Å². The minimum absolute atomic E-state index is 0.136. The molecule has 0 unspecified atom stereocenters. The van der Waals surface area contributed by atoms with Crippen LogP contribution in [0.25, 0.3) is 0 Å². The first-order chi connectivity index (χ1) is 7.11. The smallest absolute Gasteiger partial charge is 0.226 e. The Labute approximate surface area is 90.9 Å². The van der Waals surface area contributed by atoms with Gasteiger partial charge in [-0.05, 0) is 23.5 Å². The van der Waals surface area contributed by atoms with Crippen LogP contribution in [0.2, 0.25) is 0 Å². The molecule has 0 heterocycles. The van der Waals surface area contributed by atoms with Crippen LogP contribution in [0.3, 0.4) is 0 Å². The molecule has 0 bridgehead atoms. The van der Waals surface area contributed by atoms with E-state index in [-0.39, 0.29) is 11.8 Å². The molecule has 0 aromatic heterocycles. The van der Waals surface area contributed by atoms with E-state index in [1.165, 1.54) is 11.1 Å². The van der Waals surface area contributed by atoms with E-state index in [2.05, 4.69) is 25.1 Å². The summed E-state index contributed by atoms with van der Waals surface area (Å²) in [5.41, 5.74) is 2.68. The summed E-state index contributed by atoms with van der Waals surface area (Å²) >= 11 is 0. The molecular formula is C13H17NO. The fourth-order valence-electron chi connectivity index (χ4n) is 2.43. The largest absolute Gasteiger partial charge is 0.349 e. The van der Waals surface area contributed by atoms with Crippen LogP contribution in [0.5, 0.6) is 0 Å². The van der Waals surface area contributed by atoms with Gasteiger partial charge < -0.3 is 4.90 Å². The lowest BCUT2D eigenvalue weighted by Gasteiger charge is -2.19. The Hall–Kier alpha value is -1.31. The number of nitrogens with zero attached hydrogens (tertiary/aromatic N) is 1. The molecule has 80 valence electrons. The quantitative estimate of drug-likeness (QED) is 0.684. The van der Waals surface area contributed by atoms with E-state index < -0.39 is 0 Å². The summed E-state index contributed by atoms with van der Waals surface area (Å²) in [6.07, 6.45) is 0.897. The maximum absolute atomic E-state index is 11.9. The van der Waals surface area contributed by atoms with Gasteiger partial charge in [0, 0.05) is 20.0 Å². The molecule has 1 aromatic carbocycles. The minimum atomic E-state index is 0.136. The van der Waals surface area contributed by atoms with Crippen molar-refractivity contribution in [3.05, 3.63) is 35.4 Å². The predicted molar refractivity (Wildman–Crippen MR) is 60.7 cm³/mol. The fourth-order valence-corrected chi connectivity index (χ4v) is 2.43. The number of benzene rings is 1. The average Bonchev–Trinajstić information content (AvgIpc) is 2.56. The zero-order valence-corrected chi connectivity index (χ0v) is 9.53. The van der Waals surface area contributed by atoms with Crippen molar-refractivity contribution in [1.29, 1.82) is 0 Å². The summed E-state index contributed by atoms with van der Waals surface area (Å²) in [6.45, 7) is 2.15. The maximum atomic E-state index is 11.9. The molecule has 1 aliphatic rings. The summed E-state index contributed by atoms with van der Waals surface area (Å²) < 4.78 is 0. The lowest BCUT2D eigenvalue weighted by molar-refractivity contribution is -0.133. The van der Waals surface area contributed by atoms with Crippen LogP contribution in [0.1, 0.15) is 24.0 Å². The van der Waals surface area contributed by atoms with Crippen LogP contribution < -0.4 is 0 Å². The zero-order chi connectivity index (χ0) is 11.0. The van der Waals surface area contributed by atoms with Crippen molar-refractivity contribution >= 4 is 5.91 Å². The predicted octanol–water partition coefficient (Wildman–Crippen LogP) is 2.05. The molecule has 2 heteroatoms. The Morgan fingerprint density at radius 3 is 2.60 bits per heavy atom. The highest BCUT2D eigenvalue weighted by Gasteiger charge is 2.34.